The van der Waals surface area contributed by atoms with E-state index >= 15 is 0 Å². The predicted octanol–water partition coefficient (Wildman–Crippen LogP) is 5.91. The average molecular weight is 964 g/mol. The summed E-state index contributed by atoms with van der Waals surface area (Å²) >= 11 is 0. The van der Waals surface area contributed by atoms with Crippen LogP contribution in [0, 0.1) is 17.2 Å². The van der Waals surface area contributed by atoms with Crippen LogP contribution in [0.25, 0.3) is 10.9 Å². The molecule has 3 atom stereocenters. The molecule has 71 heavy (non-hydrogen) atoms. The highest BCUT2D eigenvalue weighted by Crippen LogP contribution is 2.48. The van der Waals surface area contributed by atoms with Gasteiger partial charge in [-0.15, -0.1) is 0 Å². The maximum absolute atomic E-state index is 13.3. The van der Waals surface area contributed by atoms with Gasteiger partial charge in [0.1, 0.15) is 34.5 Å². The number of aromatic nitrogens is 1. The van der Waals surface area contributed by atoms with Gasteiger partial charge >= 0.3 is 0 Å². The summed E-state index contributed by atoms with van der Waals surface area (Å²) in [4.78, 5) is 90.2. The molecule has 0 spiro atoms. The molecule has 366 valence electrons. The molecule has 2 bridgehead atoms. The van der Waals surface area contributed by atoms with E-state index in [1.54, 1.807) is 55.8 Å². The molecule has 1 aromatic heterocycles. The van der Waals surface area contributed by atoms with Crippen molar-refractivity contribution in [2.24, 2.45) is 11.3 Å². The summed E-state index contributed by atoms with van der Waals surface area (Å²) in [5.41, 5.74) is 3.40. The highest BCUT2D eigenvalue weighted by molar-refractivity contribution is 6.17. The third kappa shape index (κ3) is 9.24. The summed E-state index contributed by atoms with van der Waals surface area (Å²) in [6.45, 7) is 5.12. The van der Waals surface area contributed by atoms with Gasteiger partial charge in [-0.2, -0.15) is 0 Å². The van der Waals surface area contributed by atoms with Crippen molar-refractivity contribution in [3.05, 3.63) is 108 Å². The van der Waals surface area contributed by atoms with E-state index in [2.05, 4.69) is 42.0 Å². The Morgan fingerprint density at radius 3 is 2.17 bits per heavy atom. The quantitative estimate of drug-likeness (QED) is 0.0761. The van der Waals surface area contributed by atoms with Crippen LogP contribution in [0.3, 0.4) is 0 Å². The standard InChI is InChI=1S/C53H54FN9O8/c1-70-46-24-41-42(55-19-14-45(41)71-39-9-6-35(7-10-39)58-52(69)53(17-18-53)51(68)57-34-4-2-33(54)3-5-34)25-44(46)60-20-15-31(16-21-60)26-61-28-38-23-37(61)29-62(38)30-48(65)56-36-8-11-40-32(22-36)27-63(50(40)67)43-12-13-47(64)59-49(43)66/h2-11,14,19,22,24-25,31,37-38,43H,12-13,15-18,20-21,23,26-30H2,1H3,(H,56,65)(H,57,68)(H,58,69)(H,59,64,66)/t37-,38-,43?/m0/s1. The van der Waals surface area contributed by atoms with Gasteiger partial charge < -0.3 is 35.2 Å². The molecule has 4 saturated heterocycles. The number of anilines is 4. The van der Waals surface area contributed by atoms with Crippen molar-refractivity contribution in [1.82, 2.24) is 25.0 Å². The smallest absolute Gasteiger partial charge is 0.255 e. The van der Waals surface area contributed by atoms with Crippen molar-refractivity contribution in [2.75, 3.05) is 67.2 Å². The zero-order valence-corrected chi connectivity index (χ0v) is 39.2. The van der Waals surface area contributed by atoms with Crippen LogP contribution in [0.1, 0.15) is 60.9 Å². The summed E-state index contributed by atoms with van der Waals surface area (Å²) in [6.07, 6.45) is 6.17. The Hall–Kier alpha value is -7.44. The molecule has 1 aliphatic carbocycles. The van der Waals surface area contributed by atoms with Crippen molar-refractivity contribution >= 4 is 69.1 Å². The third-order valence-corrected chi connectivity index (χ3v) is 15.1. The van der Waals surface area contributed by atoms with Gasteiger partial charge in [0.2, 0.25) is 29.5 Å². The number of nitrogens with one attached hydrogen (secondary N) is 4. The van der Waals surface area contributed by atoms with Crippen molar-refractivity contribution in [1.29, 1.82) is 0 Å². The minimum atomic E-state index is -1.18. The number of ether oxygens (including phenoxy) is 2. The molecule has 6 heterocycles. The van der Waals surface area contributed by atoms with E-state index in [4.69, 9.17) is 14.5 Å². The lowest BCUT2D eigenvalue weighted by molar-refractivity contribution is -0.137. The predicted molar refractivity (Wildman–Crippen MR) is 262 cm³/mol. The second kappa shape index (κ2) is 18.7. The van der Waals surface area contributed by atoms with Crippen LogP contribution in [0.2, 0.25) is 0 Å². The number of fused-ring (bicyclic) bond motifs is 4. The number of pyridine rings is 1. The molecule has 6 aliphatic rings. The minimum absolute atomic E-state index is 0.0985. The third-order valence-electron chi connectivity index (χ3n) is 15.1. The highest BCUT2D eigenvalue weighted by Gasteiger charge is 2.56. The number of hydrogen-bond acceptors (Lipinski definition) is 12. The number of nitrogens with zero attached hydrogens (tertiary/aromatic N) is 5. The Morgan fingerprint density at radius 1 is 0.803 bits per heavy atom. The van der Waals surface area contributed by atoms with E-state index in [0.29, 0.717) is 77.9 Å². The fraction of sp³-hybridized carbons (Fsp3) is 0.377. The number of benzene rings is 4. The molecular formula is C53H54FN9O8. The SMILES string of the molecule is COc1cc2c(Oc3ccc(NC(=O)C4(C(=O)Nc5ccc(F)cc5)CC4)cc3)ccnc2cc1N1CCC(CN2C[C@@H]3C[C@H]2CN3CC(=O)Nc2ccc3c(c2)CN(C2CCC(=O)NC2=O)C3=O)CC1. The lowest BCUT2D eigenvalue weighted by Crippen LogP contribution is -2.52. The van der Waals surface area contributed by atoms with E-state index in [1.807, 2.05) is 12.1 Å². The normalized spacial score (nSPS) is 21.8. The molecule has 18 heteroatoms. The molecule has 11 rings (SSSR count). The first-order valence-corrected chi connectivity index (χ1v) is 24.3. The second-order valence-electron chi connectivity index (χ2n) is 19.7. The maximum Gasteiger partial charge on any atom is 0.255 e. The zero-order chi connectivity index (χ0) is 49.0. The van der Waals surface area contributed by atoms with Crippen LogP contribution in [0.15, 0.2) is 91.1 Å². The van der Waals surface area contributed by atoms with Crippen molar-refractivity contribution in [3.63, 3.8) is 0 Å². The number of likely N-dealkylation sites (tertiary alicyclic amines) is 2. The first-order chi connectivity index (χ1) is 34.4. The van der Waals surface area contributed by atoms with Crippen molar-refractivity contribution < 1.29 is 42.6 Å². The Balaban J connectivity index is 0.646. The summed E-state index contributed by atoms with van der Waals surface area (Å²) in [5, 5.41) is 11.7. The van der Waals surface area contributed by atoms with Crippen LogP contribution < -0.4 is 35.6 Å². The van der Waals surface area contributed by atoms with Gasteiger partial charge in [0, 0.05) is 92.0 Å². The topological polar surface area (TPSA) is 195 Å². The van der Waals surface area contributed by atoms with E-state index in [1.165, 1.54) is 29.2 Å². The Kier molecular flexibility index (Phi) is 12.1. The Bertz CT molecular complexity index is 2960. The molecule has 6 amide bonds. The fourth-order valence-electron chi connectivity index (χ4n) is 11.1. The summed E-state index contributed by atoms with van der Waals surface area (Å²) in [5.74, 6) is 0.0830. The van der Waals surface area contributed by atoms with E-state index in [0.717, 1.165) is 79.9 Å². The highest BCUT2D eigenvalue weighted by atomic mass is 19.1. The number of carbonyl (C=O) groups is 6. The van der Waals surface area contributed by atoms with Crippen LogP contribution in [0.5, 0.6) is 17.2 Å². The summed E-state index contributed by atoms with van der Waals surface area (Å²) in [6, 6.07) is 23.5. The number of rotatable bonds is 14. The van der Waals surface area contributed by atoms with Gasteiger partial charge in [0.15, 0.2) is 0 Å². The van der Waals surface area contributed by atoms with Crippen LogP contribution in [-0.4, -0.2) is 120 Å². The monoisotopic (exact) mass is 963 g/mol. The van der Waals surface area contributed by atoms with E-state index in [-0.39, 0.29) is 30.7 Å². The first kappa shape index (κ1) is 46.0. The molecule has 5 aromatic rings. The van der Waals surface area contributed by atoms with Crippen molar-refractivity contribution in [2.45, 2.75) is 69.6 Å². The number of carbonyl (C=O) groups excluding carboxylic acids is 6. The maximum atomic E-state index is 13.3. The van der Waals surface area contributed by atoms with Gasteiger partial charge in [0.05, 0.1) is 24.9 Å². The first-order valence-electron chi connectivity index (χ1n) is 24.3. The molecule has 5 aliphatic heterocycles. The number of amides is 6. The molecule has 5 fully saturated rings. The van der Waals surface area contributed by atoms with Gasteiger partial charge in [-0.25, -0.2) is 4.39 Å². The lowest BCUT2D eigenvalue weighted by Gasteiger charge is -2.39. The lowest BCUT2D eigenvalue weighted by atomic mass is 9.95. The minimum Gasteiger partial charge on any atom is -0.495 e. The number of piperazine rings is 1. The van der Waals surface area contributed by atoms with Crippen molar-refractivity contribution in [3.8, 4) is 17.2 Å². The second-order valence-corrected chi connectivity index (χ2v) is 19.7. The van der Waals surface area contributed by atoms with Crippen LogP contribution >= 0.6 is 0 Å². The van der Waals surface area contributed by atoms with Gasteiger partial charge in [-0.05, 0) is 135 Å². The van der Waals surface area contributed by atoms with Gasteiger partial charge in [-0.1, -0.05) is 0 Å². The zero-order valence-electron chi connectivity index (χ0n) is 39.2. The molecule has 4 N–H and O–H groups in total. The summed E-state index contributed by atoms with van der Waals surface area (Å²) < 4.78 is 25.6. The van der Waals surface area contributed by atoms with Crippen LogP contribution in [-0.2, 0) is 30.5 Å². The Labute approximate surface area is 409 Å². The number of imide groups is 1. The number of methoxy groups -OCH3 is 1. The molecular weight excluding hydrogens is 910 g/mol. The molecule has 1 unspecified atom stereocenters. The molecule has 4 aromatic carbocycles. The van der Waals surface area contributed by atoms with E-state index in [9.17, 15) is 33.2 Å². The number of hydrogen-bond donors (Lipinski definition) is 4. The molecule has 17 nitrogen and oxygen atoms in total. The molecule has 1 saturated carbocycles. The average Bonchev–Trinajstić information content (AvgIpc) is 3.84. The van der Waals surface area contributed by atoms with E-state index < -0.39 is 35.0 Å². The number of piperidine rings is 2. The van der Waals surface area contributed by atoms with Gasteiger partial charge in [-0.3, -0.25) is 48.9 Å². The summed E-state index contributed by atoms with van der Waals surface area (Å²) in [7, 11) is 1.67. The molecule has 0 radical (unpaired) electrons. The van der Waals surface area contributed by atoms with Crippen LogP contribution in [0.4, 0.5) is 27.1 Å². The number of halogens is 1. The Morgan fingerprint density at radius 2 is 1.49 bits per heavy atom. The fourth-order valence-corrected chi connectivity index (χ4v) is 11.1. The largest absolute Gasteiger partial charge is 0.495 e. The van der Waals surface area contributed by atoms with Gasteiger partial charge in [0.25, 0.3) is 5.91 Å².